The molecule has 0 bridgehead atoms. The van der Waals surface area contributed by atoms with Gasteiger partial charge in [0.1, 0.15) is 5.75 Å². The van der Waals surface area contributed by atoms with Gasteiger partial charge in [0.15, 0.2) is 0 Å². The van der Waals surface area contributed by atoms with Crippen LogP contribution >= 0.6 is 0 Å². The van der Waals surface area contributed by atoms with Crippen LogP contribution in [0.25, 0.3) is 11.3 Å². The summed E-state index contributed by atoms with van der Waals surface area (Å²) < 4.78 is 12.5. The van der Waals surface area contributed by atoms with Gasteiger partial charge >= 0.3 is 5.97 Å². The first-order chi connectivity index (χ1) is 15.4. The minimum absolute atomic E-state index is 0.0444. The van der Waals surface area contributed by atoms with Crippen LogP contribution in [-0.2, 0) is 22.6 Å². The van der Waals surface area contributed by atoms with E-state index in [4.69, 9.17) is 9.47 Å². The number of aryl methyl sites for hydroxylation is 1. The van der Waals surface area contributed by atoms with Crippen LogP contribution < -0.4 is 10.1 Å². The van der Waals surface area contributed by atoms with Crippen LogP contribution in [0.4, 0.5) is 0 Å². The van der Waals surface area contributed by atoms with Gasteiger partial charge < -0.3 is 19.4 Å². The van der Waals surface area contributed by atoms with E-state index in [1.54, 1.807) is 14.0 Å². The van der Waals surface area contributed by atoms with E-state index in [1.165, 1.54) is 5.56 Å². The second-order valence-electron chi connectivity index (χ2n) is 7.64. The number of carbonyl (C=O) groups excluding carboxylic acids is 2. The number of aromatic nitrogens is 1. The minimum Gasteiger partial charge on any atom is -0.497 e. The molecule has 1 amide bonds. The topological polar surface area (TPSA) is 69.6 Å². The zero-order valence-electron chi connectivity index (χ0n) is 19.1. The van der Waals surface area contributed by atoms with Crippen LogP contribution in [0, 0.1) is 13.8 Å². The van der Waals surface area contributed by atoms with Crippen molar-refractivity contribution in [1.29, 1.82) is 0 Å². The van der Waals surface area contributed by atoms with Crippen LogP contribution in [-0.4, -0.2) is 30.2 Å². The van der Waals surface area contributed by atoms with Crippen molar-refractivity contribution in [3.63, 3.8) is 0 Å². The van der Waals surface area contributed by atoms with Gasteiger partial charge in [-0.2, -0.15) is 0 Å². The summed E-state index contributed by atoms with van der Waals surface area (Å²) in [6, 6.07) is 17.6. The Kier molecular flexibility index (Phi) is 7.71. The number of amides is 1. The molecule has 2 aromatic carbocycles. The minimum atomic E-state index is -0.359. The highest BCUT2D eigenvalue weighted by Gasteiger charge is 2.20. The standard InChI is InChI=1S/C26H30N2O4/c1-5-32-26(30)23-16-24(21-10-12-22(31-4)13-11-21)28(19(23)3)15-14-25(29)27-17-20-8-6-18(2)7-9-20/h6-13,16H,5,14-15,17H2,1-4H3,(H,27,29). The van der Waals surface area contributed by atoms with E-state index < -0.39 is 0 Å². The van der Waals surface area contributed by atoms with Crippen molar-refractivity contribution in [2.45, 2.75) is 40.3 Å². The maximum atomic E-state index is 12.5. The van der Waals surface area contributed by atoms with Gasteiger partial charge in [0, 0.05) is 30.9 Å². The predicted molar refractivity (Wildman–Crippen MR) is 125 cm³/mol. The summed E-state index contributed by atoms with van der Waals surface area (Å²) in [6.45, 7) is 6.95. The van der Waals surface area contributed by atoms with Crippen LogP contribution in [0.3, 0.4) is 0 Å². The molecule has 0 saturated carbocycles. The fourth-order valence-electron chi connectivity index (χ4n) is 3.56. The highest BCUT2D eigenvalue weighted by atomic mass is 16.5. The van der Waals surface area contributed by atoms with Crippen molar-refractivity contribution >= 4 is 11.9 Å². The summed E-state index contributed by atoms with van der Waals surface area (Å²) in [5.41, 5.74) is 5.33. The lowest BCUT2D eigenvalue weighted by Crippen LogP contribution is -2.24. The number of benzene rings is 2. The Bertz CT molecular complexity index is 1070. The number of esters is 1. The van der Waals surface area contributed by atoms with Gasteiger partial charge in [-0.05, 0) is 62.2 Å². The molecule has 3 aromatic rings. The summed E-state index contributed by atoms with van der Waals surface area (Å²) in [6.07, 6.45) is 0.298. The van der Waals surface area contributed by atoms with E-state index in [0.717, 1.165) is 28.3 Å². The number of nitrogens with zero attached hydrogens (tertiary/aromatic N) is 1. The molecule has 0 spiro atoms. The van der Waals surface area contributed by atoms with Crippen molar-refractivity contribution in [3.05, 3.63) is 77.0 Å². The quantitative estimate of drug-likeness (QED) is 0.497. The molecule has 0 aliphatic heterocycles. The molecular formula is C26H30N2O4. The van der Waals surface area contributed by atoms with Gasteiger partial charge in [-0.1, -0.05) is 29.8 Å². The second kappa shape index (κ2) is 10.7. The third kappa shape index (κ3) is 5.58. The Morgan fingerprint density at radius 3 is 2.31 bits per heavy atom. The van der Waals surface area contributed by atoms with E-state index in [0.29, 0.717) is 31.7 Å². The number of carbonyl (C=O) groups is 2. The molecule has 0 atom stereocenters. The van der Waals surface area contributed by atoms with Gasteiger partial charge in [-0.25, -0.2) is 4.79 Å². The monoisotopic (exact) mass is 434 g/mol. The lowest BCUT2D eigenvalue weighted by Gasteiger charge is -2.13. The zero-order chi connectivity index (χ0) is 23.1. The molecule has 0 radical (unpaired) electrons. The van der Waals surface area contributed by atoms with E-state index in [-0.39, 0.29) is 11.9 Å². The van der Waals surface area contributed by atoms with E-state index in [1.807, 2.05) is 73.0 Å². The molecule has 0 unspecified atom stereocenters. The van der Waals surface area contributed by atoms with Gasteiger partial charge in [-0.3, -0.25) is 4.79 Å². The molecule has 32 heavy (non-hydrogen) atoms. The van der Waals surface area contributed by atoms with E-state index in [9.17, 15) is 9.59 Å². The molecule has 6 nitrogen and oxygen atoms in total. The van der Waals surface area contributed by atoms with Crippen molar-refractivity contribution in [1.82, 2.24) is 9.88 Å². The molecule has 0 saturated heterocycles. The molecule has 0 fully saturated rings. The average molecular weight is 435 g/mol. The number of rotatable bonds is 9. The Morgan fingerprint density at radius 1 is 1.00 bits per heavy atom. The lowest BCUT2D eigenvalue weighted by atomic mass is 10.1. The Hall–Kier alpha value is -3.54. The molecule has 168 valence electrons. The lowest BCUT2D eigenvalue weighted by molar-refractivity contribution is -0.121. The van der Waals surface area contributed by atoms with Gasteiger partial charge in [0.2, 0.25) is 5.91 Å². The van der Waals surface area contributed by atoms with Crippen LogP contribution in [0.5, 0.6) is 5.75 Å². The Morgan fingerprint density at radius 2 is 1.69 bits per heavy atom. The summed E-state index contributed by atoms with van der Waals surface area (Å²) in [7, 11) is 1.62. The van der Waals surface area contributed by atoms with Crippen LogP contribution in [0.1, 0.15) is 40.5 Å². The number of nitrogens with one attached hydrogen (secondary N) is 1. The fraction of sp³-hybridized carbons (Fsp3) is 0.308. The highest BCUT2D eigenvalue weighted by molar-refractivity contribution is 5.92. The van der Waals surface area contributed by atoms with Crippen molar-refractivity contribution in [2.24, 2.45) is 0 Å². The first-order valence-corrected chi connectivity index (χ1v) is 10.8. The van der Waals surface area contributed by atoms with Crippen molar-refractivity contribution in [3.8, 4) is 17.0 Å². The SMILES string of the molecule is CCOC(=O)c1cc(-c2ccc(OC)cc2)n(CCC(=O)NCc2ccc(C)cc2)c1C. The Labute approximate surface area is 189 Å². The highest BCUT2D eigenvalue weighted by Crippen LogP contribution is 2.28. The molecule has 1 aromatic heterocycles. The molecule has 6 heteroatoms. The number of hydrogen-bond acceptors (Lipinski definition) is 4. The normalized spacial score (nSPS) is 10.6. The smallest absolute Gasteiger partial charge is 0.339 e. The summed E-state index contributed by atoms with van der Waals surface area (Å²) in [4.78, 5) is 25.0. The molecule has 1 heterocycles. The third-order valence-corrected chi connectivity index (χ3v) is 5.42. The molecule has 0 aliphatic carbocycles. The Balaban J connectivity index is 1.77. The predicted octanol–water partition coefficient (Wildman–Crippen LogP) is 4.66. The van der Waals surface area contributed by atoms with Crippen molar-refractivity contribution < 1.29 is 19.1 Å². The first kappa shape index (κ1) is 23.1. The van der Waals surface area contributed by atoms with E-state index in [2.05, 4.69) is 5.32 Å². The van der Waals surface area contributed by atoms with Crippen LogP contribution in [0.15, 0.2) is 54.6 Å². The fourth-order valence-corrected chi connectivity index (χ4v) is 3.56. The summed E-state index contributed by atoms with van der Waals surface area (Å²) in [5.74, 6) is 0.351. The van der Waals surface area contributed by atoms with Gasteiger partial charge in [0.25, 0.3) is 0 Å². The summed E-state index contributed by atoms with van der Waals surface area (Å²) in [5, 5.41) is 2.97. The third-order valence-electron chi connectivity index (χ3n) is 5.42. The largest absolute Gasteiger partial charge is 0.497 e. The molecule has 1 N–H and O–H groups in total. The summed E-state index contributed by atoms with van der Waals surface area (Å²) >= 11 is 0. The molecular weight excluding hydrogens is 404 g/mol. The molecule has 0 aliphatic rings. The first-order valence-electron chi connectivity index (χ1n) is 10.8. The van der Waals surface area contributed by atoms with Crippen LogP contribution in [0.2, 0.25) is 0 Å². The zero-order valence-corrected chi connectivity index (χ0v) is 19.1. The van der Waals surface area contributed by atoms with Gasteiger partial charge in [-0.15, -0.1) is 0 Å². The van der Waals surface area contributed by atoms with Crippen molar-refractivity contribution in [2.75, 3.05) is 13.7 Å². The number of methoxy groups -OCH3 is 1. The number of ether oxygens (including phenoxy) is 2. The number of hydrogen-bond donors (Lipinski definition) is 1. The van der Waals surface area contributed by atoms with Gasteiger partial charge in [0.05, 0.1) is 19.3 Å². The average Bonchev–Trinajstić information content (AvgIpc) is 3.13. The maximum absolute atomic E-state index is 12.5. The molecule has 3 rings (SSSR count). The maximum Gasteiger partial charge on any atom is 0.339 e. The van der Waals surface area contributed by atoms with E-state index >= 15 is 0 Å². The second-order valence-corrected chi connectivity index (χ2v) is 7.64.